The molecule has 1 heterocycles. The molecule has 5 heteroatoms. The summed E-state index contributed by atoms with van der Waals surface area (Å²) in [5.41, 5.74) is 4.76. The number of amides is 1. The first-order valence-corrected chi connectivity index (χ1v) is 12.8. The van der Waals surface area contributed by atoms with E-state index in [0.29, 0.717) is 30.6 Å². The summed E-state index contributed by atoms with van der Waals surface area (Å²) in [4.78, 5) is 16.9. The number of ether oxygens (including phenoxy) is 1. The molecule has 5 nitrogen and oxygen atoms in total. The number of carbonyl (C=O) groups is 1. The van der Waals surface area contributed by atoms with Gasteiger partial charge in [-0.25, -0.2) is 0 Å². The van der Waals surface area contributed by atoms with Crippen LogP contribution in [0.15, 0.2) is 67.0 Å². The third-order valence-corrected chi connectivity index (χ3v) is 6.29. The van der Waals surface area contributed by atoms with Gasteiger partial charge in [0.25, 0.3) is 5.91 Å². The van der Waals surface area contributed by atoms with E-state index in [1.165, 1.54) is 12.8 Å². The number of benzene rings is 2. The van der Waals surface area contributed by atoms with E-state index in [-0.39, 0.29) is 5.91 Å². The maximum atomic E-state index is 12.7. The van der Waals surface area contributed by atoms with Crippen LogP contribution in [-0.4, -0.2) is 17.4 Å². The van der Waals surface area contributed by atoms with Crippen LogP contribution in [0.25, 0.3) is 0 Å². The van der Waals surface area contributed by atoms with Crippen molar-refractivity contribution in [2.75, 3.05) is 11.9 Å². The fraction of sp³-hybridized carbons (Fsp3) is 0.400. The van der Waals surface area contributed by atoms with E-state index < -0.39 is 0 Å². The molecule has 0 bridgehead atoms. The van der Waals surface area contributed by atoms with Crippen molar-refractivity contribution < 1.29 is 9.53 Å². The van der Waals surface area contributed by atoms with Gasteiger partial charge in [0, 0.05) is 41.4 Å². The number of hydrogen-bond donors (Lipinski definition) is 2. The largest absolute Gasteiger partial charge is 0.489 e. The van der Waals surface area contributed by atoms with Crippen LogP contribution >= 0.6 is 0 Å². The fourth-order valence-electron chi connectivity index (χ4n) is 4.22. The molecule has 0 fully saturated rings. The Balaban J connectivity index is 1.64. The Bertz CT molecular complexity index is 1070. The van der Waals surface area contributed by atoms with E-state index in [1.54, 1.807) is 6.20 Å². The fourth-order valence-corrected chi connectivity index (χ4v) is 4.22. The van der Waals surface area contributed by atoms with Crippen molar-refractivity contribution in [3.8, 4) is 5.75 Å². The molecule has 2 N–H and O–H groups in total. The van der Waals surface area contributed by atoms with Gasteiger partial charge in [-0.3, -0.25) is 9.78 Å². The third kappa shape index (κ3) is 8.13. The number of nitrogens with one attached hydrogen (secondary N) is 2. The minimum absolute atomic E-state index is 0.0248. The lowest BCUT2D eigenvalue weighted by molar-refractivity contribution is 0.0951. The maximum absolute atomic E-state index is 12.7. The van der Waals surface area contributed by atoms with Gasteiger partial charge in [0.2, 0.25) is 0 Å². The third-order valence-electron chi connectivity index (χ3n) is 6.29. The standard InChI is InChI=1S/C30H39N3O2/c1-5-9-23(6-2)15-17-32-30(34)25-11-7-12-26(18-25)33-29-14-13-27(19-28(29)22(3)4)35-21-24-10-8-16-31-20-24/h7-8,10-14,16,18-20,22-23,33H,5-6,9,15,17,21H2,1-4H3,(H,32,34). The molecule has 0 aliphatic rings. The molecule has 0 radical (unpaired) electrons. The number of nitrogens with zero attached hydrogens (tertiary/aromatic N) is 1. The lowest BCUT2D eigenvalue weighted by atomic mass is 9.97. The van der Waals surface area contributed by atoms with Crippen LogP contribution in [0.1, 0.15) is 80.8 Å². The zero-order valence-electron chi connectivity index (χ0n) is 21.5. The van der Waals surface area contributed by atoms with E-state index in [2.05, 4.69) is 49.4 Å². The van der Waals surface area contributed by atoms with Crippen LogP contribution in [0.2, 0.25) is 0 Å². The van der Waals surface area contributed by atoms with E-state index in [1.807, 2.05) is 54.7 Å². The van der Waals surface area contributed by atoms with Gasteiger partial charge < -0.3 is 15.4 Å². The molecule has 35 heavy (non-hydrogen) atoms. The van der Waals surface area contributed by atoms with Crippen molar-refractivity contribution in [1.82, 2.24) is 10.3 Å². The van der Waals surface area contributed by atoms with E-state index in [4.69, 9.17) is 4.74 Å². The Morgan fingerprint density at radius 2 is 1.89 bits per heavy atom. The van der Waals surface area contributed by atoms with Crippen molar-refractivity contribution in [2.24, 2.45) is 5.92 Å². The van der Waals surface area contributed by atoms with Gasteiger partial charge in [-0.15, -0.1) is 0 Å². The van der Waals surface area contributed by atoms with Crippen LogP contribution in [0.5, 0.6) is 5.75 Å². The molecule has 3 aromatic rings. The molecule has 3 rings (SSSR count). The number of hydrogen-bond acceptors (Lipinski definition) is 4. The second kappa shape index (κ2) is 13.5. The van der Waals surface area contributed by atoms with Crippen LogP contribution < -0.4 is 15.4 Å². The Morgan fingerprint density at radius 3 is 2.60 bits per heavy atom. The molecule has 186 valence electrons. The molecular formula is C30H39N3O2. The summed E-state index contributed by atoms with van der Waals surface area (Å²) in [6.07, 6.45) is 8.17. The molecule has 1 unspecified atom stereocenters. The van der Waals surface area contributed by atoms with Crippen molar-refractivity contribution in [2.45, 2.75) is 65.9 Å². The summed E-state index contributed by atoms with van der Waals surface area (Å²) in [6.45, 7) is 9.96. The Kier molecular flexibility index (Phi) is 10.1. The summed E-state index contributed by atoms with van der Waals surface area (Å²) in [5.74, 6) is 1.78. The highest BCUT2D eigenvalue weighted by Gasteiger charge is 2.12. The molecular weight excluding hydrogens is 434 g/mol. The Morgan fingerprint density at radius 1 is 1.03 bits per heavy atom. The van der Waals surface area contributed by atoms with Gasteiger partial charge in [0.15, 0.2) is 0 Å². The van der Waals surface area contributed by atoms with Gasteiger partial charge >= 0.3 is 0 Å². The molecule has 1 aromatic heterocycles. The predicted octanol–water partition coefficient (Wildman–Crippen LogP) is 7.47. The lowest BCUT2D eigenvalue weighted by Gasteiger charge is -2.17. The summed E-state index contributed by atoms with van der Waals surface area (Å²) in [7, 11) is 0. The van der Waals surface area contributed by atoms with E-state index >= 15 is 0 Å². The lowest BCUT2D eigenvalue weighted by Crippen LogP contribution is -2.26. The SMILES string of the molecule is CCCC(CC)CCNC(=O)c1cccc(Nc2ccc(OCc3cccnc3)cc2C(C)C)c1. The van der Waals surface area contributed by atoms with E-state index in [9.17, 15) is 4.79 Å². The molecule has 0 saturated heterocycles. The average molecular weight is 474 g/mol. The van der Waals surface area contributed by atoms with Crippen LogP contribution in [0, 0.1) is 5.92 Å². The van der Waals surface area contributed by atoms with Crippen molar-refractivity contribution >= 4 is 17.3 Å². The number of pyridine rings is 1. The predicted molar refractivity (Wildman–Crippen MR) is 144 cm³/mol. The van der Waals surface area contributed by atoms with Crippen molar-refractivity contribution in [1.29, 1.82) is 0 Å². The Hall–Kier alpha value is -3.34. The van der Waals surface area contributed by atoms with Crippen LogP contribution in [0.3, 0.4) is 0 Å². The highest BCUT2D eigenvalue weighted by atomic mass is 16.5. The summed E-state index contributed by atoms with van der Waals surface area (Å²) >= 11 is 0. The molecule has 1 atom stereocenters. The van der Waals surface area contributed by atoms with Crippen molar-refractivity contribution in [3.63, 3.8) is 0 Å². The number of aromatic nitrogens is 1. The second-order valence-corrected chi connectivity index (χ2v) is 9.37. The highest BCUT2D eigenvalue weighted by Crippen LogP contribution is 2.31. The first-order valence-electron chi connectivity index (χ1n) is 12.8. The minimum atomic E-state index is -0.0248. The summed E-state index contributed by atoms with van der Waals surface area (Å²) < 4.78 is 6.00. The van der Waals surface area contributed by atoms with E-state index in [0.717, 1.165) is 41.1 Å². The highest BCUT2D eigenvalue weighted by molar-refractivity contribution is 5.95. The normalized spacial score (nSPS) is 11.8. The van der Waals surface area contributed by atoms with Crippen LogP contribution in [-0.2, 0) is 6.61 Å². The van der Waals surface area contributed by atoms with Gasteiger partial charge in [-0.2, -0.15) is 0 Å². The zero-order valence-corrected chi connectivity index (χ0v) is 21.5. The topological polar surface area (TPSA) is 63.2 Å². The quantitative estimate of drug-likeness (QED) is 0.270. The summed E-state index contributed by atoms with van der Waals surface area (Å²) in [5, 5.41) is 6.59. The zero-order chi connectivity index (χ0) is 25.0. The molecule has 0 spiro atoms. The summed E-state index contributed by atoms with van der Waals surface area (Å²) in [6, 6.07) is 17.7. The second-order valence-electron chi connectivity index (χ2n) is 9.37. The minimum Gasteiger partial charge on any atom is -0.489 e. The monoisotopic (exact) mass is 473 g/mol. The van der Waals surface area contributed by atoms with Gasteiger partial charge in [-0.05, 0) is 66.3 Å². The average Bonchev–Trinajstić information content (AvgIpc) is 2.88. The van der Waals surface area contributed by atoms with Gasteiger partial charge in [0.05, 0.1) is 0 Å². The molecule has 2 aromatic carbocycles. The molecule has 0 aliphatic carbocycles. The van der Waals surface area contributed by atoms with Gasteiger partial charge in [0.1, 0.15) is 12.4 Å². The van der Waals surface area contributed by atoms with Crippen molar-refractivity contribution in [3.05, 3.63) is 83.7 Å². The number of anilines is 2. The first kappa shape index (κ1) is 26.3. The van der Waals surface area contributed by atoms with Gasteiger partial charge in [-0.1, -0.05) is 59.1 Å². The number of carbonyl (C=O) groups excluding carboxylic acids is 1. The first-order chi connectivity index (χ1) is 17.0. The van der Waals surface area contributed by atoms with Crippen LogP contribution in [0.4, 0.5) is 11.4 Å². The Labute approximate surface area is 210 Å². The maximum Gasteiger partial charge on any atom is 0.251 e. The number of rotatable bonds is 13. The molecule has 1 amide bonds. The smallest absolute Gasteiger partial charge is 0.251 e. The molecule has 0 aliphatic heterocycles. The molecule has 0 saturated carbocycles.